The molecule has 0 fully saturated rings. The molecule has 0 radical (unpaired) electrons. The van der Waals surface area contributed by atoms with E-state index in [2.05, 4.69) is 10.2 Å². The van der Waals surface area contributed by atoms with E-state index in [4.69, 9.17) is 20.7 Å². The average molecular weight is 280 g/mol. The van der Waals surface area contributed by atoms with Crippen LogP contribution in [0.5, 0.6) is 0 Å². The van der Waals surface area contributed by atoms with Crippen molar-refractivity contribution in [3.8, 4) is 12.1 Å². The molecule has 2 N–H and O–H groups in total. The fraction of sp³-hybridized carbons (Fsp3) is 0.667. The maximum absolute atomic E-state index is 11.0. The van der Waals surface area contributed by atoms with Gasteiger partial charge >= 0.3 is 11.9 Å². The molecule has 4 unspecified atom stereocenters. The Morgan fingerprint density at radius 1 is 0.950 bits per heavy atom. The Kier molecular flexibility index (Phi) is 7.53. The molecule has 0 bridgehead atoms. The molecule has 8 heteroatoms. The quantitative estimate of drug-likeness (QED) is 0.643. The summed E-state index contributed by atoms with van der Waals surface area (Å²) in [4.78, 5) is 22.1. The van der Waals surface area contributed by atoms with Gasteiger partial charge in [0.15, 0.2) is 12.1 Å². The first kappa shape index (κ1) is 17.5. The standard InChI is InChI=1S/C12H16N4O4/c1-3-7(5-13)9(11(17)18)15-16-10(12(19)20)8(4-2)6-14/h7-10H,3-4H2,1-2H3,(H,17,18)(H,19,20). The second-order valence-corrected chi connectivity index (χ2v) is 4.08. The van der Waals surface area contributed by atoms with Crippen LogP contribution in [0.4, 0.5) is 0 Å². The molecule has 0 saturated carbocycles. The zero-order valence-electron chi connectivity index (χ0n) is 11.2. The second-order valence-electron chi connectivity index (χ2n) is 4.08. The zero-order chi connectivity index (χ0) is 15.7. The SMILES string of the molecule is CCC(C#N)C(N=NC(C(=O)O)C(C#N)CC)C(=O)O. The molecule has 0 aromatic carbocycles. The number of carbonyl (C=O) groups is 2. The molecular weight excluding hydrogens is 264 g/mol. The molecule has 0 aliphatic carbocycles. The van der Waals surface area contributed by atoms with Crippen LogP contribution >= 0.6 is 0 Å². The second kappa shape index (κ2) is 8.59. The highest BCUT2D eigenvalue weighted by molar-refractivity contribution is 5.75. The van der Waals surface area contributed by atoms with Crippen molar-refractivity contribution in [3.63, 3.8) is 0 Å². The van der Waals surface area contributed by atoms with Gasteiger partial charge in [0.05, 0.1) is 24.0 Å². The minimum atomic E-state index is -1.43. The van der Waals surface area contributed by atoms with Gasteiger partial charge in [-0.15, -0.1) is 0 Å². The number of azo groups is 1. The van der Waals surface area contributed by atoms with Gasteiger partial charge in [-0.2, -0.15) is 20.8 Å². The van der Waals surface area contributed by atoms with Crippen LogP contribution in [0, 0.1) is 34.5 Å². The van der Waals surface area contributed by atoms with Gasteiger partial charge in [-0.05, 0) is 12.8 Å². The Morgan fingerprint density at radius 3 is 1.40 bits per heavy atom. The van der Waals surface area contributed by atoms with Gasteiger partial charge in [-0.25, -0.2) is 9.59 Å². The lowest BCUT2D eigenvalue weighted by atomic mass is 9.99. The normalized spacial score (nSPS) is 16.6. The molecule has 0 saturated heterocycles. The molecule has 0 aromatic rings. The van der Waals surface area contributed by atoms with Crippen LogP contribution in [0.1, 0.15) is 26.7 Å². The van der Waals surface area contributed by atoms with Gasteiger partial charge in [-0.3, -0.25) is 0 Å². The number of hydrogen-bond donors (Lipinski definition) is 2. The van der Waals surface area contributed by atoms with Crippen LogP contribution in [0.25, 0.3) is 0 Å². The minimum absolute atomic E-state index is 0.250. The lowest BCUT2D eigenvalue weighted by Crippen LogP contribution is -2.29. The summed E-state index contributed by atoms with van der Waals surface area (Å²) in [5, 5.41) is 42.6. The molecule has 0 heterocycles. The van der Waals surface area contributed by atoms with E-state index in [9.17, 15) is 9.59 Å². The molecule has 0 rings (SSSR count). The van der Waals surface area contributed by atoms with Gasteiger partial charge < -0.3 is 10.2 Å². The van der Waals surface area contributed by atoms with Crippen molar-refractivity contribution in [1.29, 1.82) is 10.5 Å². The van der Waals surface area contributed by atoms with Crippen molar-refractivity contribution in [1.82, 2.24) is 0 Å². The van der Waals surface area contributed by atoms with Gasteiger partial charge in [0.2, 0.25) is 0 Å². The third-order valence-electron chi connectivity index (χ3n) is 2.80. The van der Waals surface area contributed by atoms with Crippen LogP contribution in [0.2, 0.25) is 0 Å². The Bertz CT molecular complexity index is 421. The molecule has 108 valence electrons. The van der Waals surface area contributed by atoms with E-state index < -0.39 is 35.9 Å². The van der Waals surface area contributed by atoms with E-state index in [-0.39, 0.29) is 12.8 Å². The Hall–Kier alpha value is -2.48. The van der Waals surface area contributed by atoms with E-state index in [0.717, 1.165) is 0 Å². The fourth-order valence-electron chi connectivity index (χ4n) is 1.52. The number of carboxylic acid groups (broad SMARTS) is 2. The van der Waals surface area contributed by atoms with E-state index in [1.165, 1.54) is 0 Å². The number of carboxylic acids is 2. The van der Waals surface area contributed by atoms with Gasteiger partial charge in [0.1, 0.15) is 0 Å². The maximum atomic E-state index is 11.0. The highest BCUT2D eigenvalue weighted by Gasteiger charge is 2.30. The smallest absolute Gasteiger partial charge is 0.331 e. The number of aliphatic carboxylic acids is 2. The summed E-state index contributed by atoms with van der Waals surface area (Å²) in [6, 6.07) is 0.737. The molecule has 0 aromatic heterocycles. The predicted octanol–water partition coefficient (Wildman–Crippen LogP) is 1.44. The number of hydrogen-bond acceptors (Lipinski definition) is 6. The van der Waals surface area contributed by atoms with Crippen LogP contribution in [-0.4, -0.2) is 34.2 Å². The highest BCUT2D eigenvalue weighted by Crippen LogP contribution is 2.16. The van der Waals surface area contributed by atoms with Gasteiger partial charge in [-0.1, -0.05) is 13.8 Å². The van der Waals surface area contributed by atoms with Crippen molar-refractivity contribution in [2.24, 2.45) is 22.1 Å². The molecular formula is C12H16N4O4. The lowest BCUT2D eigenvalue weighted by molar-refractivity contribution is -0.141. The van der Waals surface area contributed by atoms with Crippen LogP contribution in [0.3, 0.4) is 0 Å². The summed E-state index contributed by atoms with van der Waals surface area (Å²) in [5.74, 6) is -4.49. The summed E-state index contributed by atoms with van der Waals surface area (Å²) in [6.07, 6.45) is 0.499. The van der Waals surface area contributed by atoms with Crippen LogP contribution in [-0.2, 0) is 9.59 Å². The summed E-state index contributed by atoms with van der Waals surface area (Å²) >= 11 is 0. The van der Waals surface area contributed by atoms with E-state index in [1.54, 1.807) is 26.0 Å². The lowest BCUT2D eigenvalue weighted by Gasteiger charge is -2.14. The molecule has 4 atom stereocenters. The summed E-state index contributed by atoms with van der Waals surface area (Å²) in [7, 11) is 0. The maximum Gasteiger partial charge on any atom is 0.331 e. The highest BCUT2D eigenvalue weighted by atomic mass is 16.4. The van der Waals surface area contributed by atoms with Crippen molar-refractivity contribution >= 4 is 11.9 Å². The van der Waals surface area contributed by atoms with Crippen molar-refractivity contribution in [3.05, 3.63) is 0 Å². The first-order valence-electron chi connectivity index (χ1n) is 6.07. The van der Waals surface area contributed by atoms with Crippen molar-refractivity contribution in [2.75, 3.05) is 0 Å². The van der Waals surface area contributed by atoms with Crippen molar-refractivity contribution < 1.29 is 19.8 Å². The van der Waals surface area contributed by atoms with Crippen LogP contribution < -0.4 is 0 Å². The number of rotatable bonds is 8. The number of nitrogens with zero attached hydrogens (tertiary/aromatic N) is 4. The van der Waals surface area contributed by atoms with E-state index in [0.29, 0.717) is 0 Å². The largest absolute Gasteiger partial charge is 0.480 e. The fourth-order valence-corrected chi connectivity index (χ4v) is 1.52. The topological polar surface area (TPSA) is 147 Å². The molecule has 8 nitrogen and oxygen atoms in total. The monoisotopic (exact) mass is 280 g/mol. The first-order chi connectivity index (χ1) is 9.42. The van der Waals surface area contributed by atoms with Crippen molar-refractivity contribution in [2.45, 2.75) is 38.8 Å². The first-order valence-corrected chi connectivity index (χ1v) is 6.07. The predicted molar refractivity (Wildman–Crippen MR) is 66.5 cm³/mol. The van der Waals surface area contributed by atoms with Gasteiger partial charge in [0, 0.05) is 0 Å². The molecule has 0 spiro atoms. The minimum Gasteiger partial charge on any atom is -0.480 e. The Labute approximate surface area is 116 Å². The van der Waals surface area contributed by atoms with Gasteiger partial charge in [0.25, 0.3) is 0 Å². The van der Waals surface area contributed by atoms with Crippen LogP contribution in [0.15, 0.2) is 10.2 Å². The third kappa shape index (κ3) is 4.65. The summed E-state index contributed by atoms with van der Waals surface area (Å²) < 4.78 is 0. The molecule has 0 amide bonds. The Morgan fingerprint density at radius 2 is 1.25 bits per heavy atom. The molecule has 20 heavy (non-hydrogen) atoms. The molecule has 0 aliphatic heterocycles. The summed E-state index contributed by atoms with van der Waals surface area (Å²) in [6.45, 7) is 3.25. The summed E-state index contributed by atoms with van der Waals surface area (Å²) in [5.41, 5.74) is 0. The number of nitriles is 2. The Balaban J connectivity index is 5.27. The third-order valence-corrected chi connectivity index (χ3v) is 2.80. The van der Waals surface area contributed by atoms with E-state index >= 15 is 0 Å². The zero-order valence-corrected chi connectivity index (χ0v) is 11.2. The average Bonchev–Trinajstić information content (AvgIpc) is 2.41. The van der Waals surface area contributed by atoms with E-state index in [1.807, 2.05) is 0 Å². The molecule has 0 aliphatic rings.